The summed E-state index contributed by atoms with van der Waals surface area (Å²) in [5.41, 5.74) is 1.17. The largest absolute Gasteiger partial charge is 0.484 e. The Balaban J connectivity index is 1.23. The average Bonchev–Trinajstić information content (AvgIpc) is 2.79. The van der Waals surface area contributed by atoms with Crippen LogP contribution in [0.15, 0.2) is 41.2 Å². The van der Waals surface area contributed by atoms with E-state index in [1.54, 1.807) is 23.1 Å². The zero-order valence-electron chi connectivity index (χ0n) is 17.7. The van der Waals surface area contributed by atoms with E-state index in [2.05, 4.69) is 9.97 Å². The van der Waals surface area contributed by atoms with Crippen LogP contribution in [0.2, 0.25) is 10.0 Å². The Morgan fingerprint density at radius 3 is 2.70 bits per heavy atom. The number of H-pyrrole nitrogens is 1. The van der Waals surface area contributed by atoms with Gasteiger partial charge in [-0.15, -0.1) is 0 Å². The number of aromatic amines is 1. The number of ketones is 1. The summed E-state index contributed by atoms with van der Waals surface area (Å²) in [6.07, 6.45) is 1.73. The number of aromatic nitrogens is 2. The first-order chi connectivity index (χ1) is 15.8. The fourth-order valence-electron chi connectivity index (χ4n) is 4.57. The number of benzene rings is 2. The van der Waals surface area contributed by atoms with Gasteiger partial charge in [-0.05, 0) is 24.3 Å². The molecule has 0 radical (unpaired) electrons. The van der Waals surface area contributed by atoms with Crippen LogP contribution in [0.5, 0.6) is 5.75 Å². The van der Waals surface area contributed by atoms with Crippen LogP contribution in [0.3, 0.4) is 0 Å². The first kappa shape index (κ1) is 21.9. The van der Waals surface area contributed by atoms with Crippen LogP contribution < -0.4 is 10.3 Å². The highest BCUT2D eigenvalue weighted by atomic mass is 35.5. The van der Waals surface area contributed by atoms with Crippen LogP contribution >= 0.6 is 23.2 Å². The predicted molar refractivity (Wildman–Crippen MR) is 125 cm³/mol. The summed E-state index contributed by atoms with van der Waals surface area (Å²) in [5, 5.41) is 0.711. The van der Waals surface area contributed by atoms with Gasteiger partial charge in [-0.1, -0.05) is 35.3 Å². The summed E-state index contributed by atoms with van der Waals surface area (Å²) >= 11 is 12.3. The Labute approximate surface area is 199 Å². The lowest BCUT2D eigenvalue weighted by Gasteiger charge is -2.44. The molecule has 2 aliphatic rings. The van der Waals surface area contributed by atoms with Gasteiger partial charge in [-0.2, -0.15) is 0 Å². The molecule has 1 aromatic heterocycles. The number of rotatable bonds is 3. The van der Waals surface area contributed by atoms with Crippen LogP contribution in [0.4, 0.5) is 0 Å². The molecule has 0 aliphatic carbocycles. The molecule has 0 unspecified atom stereocenters. The van der Waals surface area contributed by atoms with E-state index >= 15 is 0 Å². The normalized spacial score (nSPS) is 17.2. The van der Waals surface area contributed by atoms with E-state index in [-0.39, 0.29) is 36.5 Å². The number of nitrogens with one attached hydrogen (secondary N) is 1. The monoisotopic (exact) mass is 485 g/mol. The van der Waals surface area contributed by atoms with E-state index in [1.165, 1.54) is 0 Å². The van der Waals surface area contributed by atoms with Gasteiger partial charge in [0.15, 0.2) is 5.78 Å². The van der Waals surface area contributed by atoms with Gasteiger partial charge in [-0.3, -0.25) is 14.4 Å². The van der Waals surface area contributed by atoms with Crippen LogP contribution in [0.25, 0.3) is 11.0 Å². The molecule has 0 bridgehead atoms. The number of carbonyl (C=O) groups excluding carboxylic acids is 2. The third-order valence-corrected chi connectivity index (χ3v) is 6.88. The molecule has 1 fully saturated rings. The van der Waals surface area contributed by atoms with E-state index in [1.807, 2.05) is 18.2 Å². The van der Waals surface area contributed by atoms with Crippen LogP contribution in [-0.4, -0.2) is 45.2 Å². The third kappa shape index (κ3) is 4.23. The molecule has 1 N–H and O–H groups in total. The second kappa shape index (κ2) is 8.47. The number of halogens is 2. The molecule has 0 atom stereocenters. The lowest BCUT2D eigenvalue weighted by atomic mass is 9.82. The van der Waals surface area contributed by atoms with Crippen molar-refractivity contribution in [1.82, 2.24) is 14.9 Å². The van der Waals surface area contributed by atoms with Gasteiger partial charge in [-0.25, -0.2) is 4.98 Å². The van der Waals surface area contributed by atoms with E-state index in [0.717, 1.165) is 0 Å². The number of likely N-dealkylation sites (tertiary alicyclic amines) is 1. The highest BCUT2D eigenvalue weighted by molar-refractivity contribution is 6.36. The van der Waals surface area contributed by atoms with Crippen LogP contribution in [-0.2, 0) is 11.2 Å². The summed E-state index contributed by atoms with van der Waals surface area (Å²) in [6.45, 7) is 0.933. The van der Waals surface area contributed by atoms with E-state index in [9.17, 15) is 14.4 Å². The minimum atomic E-state index is -0.671. The maximum Gasteiger partial charge on any atom is 0.270 e. The number of Topliss-reactive ketones (excluding diaryl/α,β-unsaturated/α-hetero) is 1. The minimum absolute atomic E-state index is 0.0495. The Kier molecular flexibility index (Phi) is 5.62. The highest BCUT2D eigenvalue weighted by Gasteiger charge is 2.44. The van der Waals surface area contributed by atoms with Crippen molar-refractivity contribution in [3.8, 4) is 5.75 Å². The molecule has 0 saturated carbocycles. The fourth-order valence-corrected chi connectivity index (χ4v) is 5.11. The number of fused-ring (bicyclic) bond motifs is 2. The molecule has 3 aromatic rings. The summed E-state index contributed by atoms with van der Waals surface area (Å²) in [4.78, 5) is 46.8. The maximum absolute atomic E-state index is 12.8. The number of carbonyl (C=O) groups is 2. The van der Waals surface area contributed by atoms with Gasteiger partial charge in [0, 0.05) is 43.8 Å². The molecular weight excluding hydrogens is 465 g/mol. The van der Waals surface area contributed by atoms with Crippen molar-refractivity contribution >= 4 is 45.9 Å². The van der Waals surface area contributed by atoms with Crippen LogP contribution in [0.1, 0.15) is 41.7 Å². The van der Waals surface area contributed by atoms with Gasteiger partial charge in [0.25, 0.3) is 5.56 Å². The molecule has 2 aliphatic heterocycles. The van der Waals surface area contributed by atoms with Gasteiger partial charge in [0.05, 0.1) is 28.0 Å². The van der Waals surface area contributed by atoms with E-state index in [0.29, 0.717) is 64.0 Å². The van der Waals surface area contributed by atoms with Gasteiger partial charge in [0.1, 0.15) is 17.0 Å². The zero-order chi connectivity index (χ0) is 23.2. The highest BCUT2D eigenvalue weighted by Crippen LogP contribution is 2.44. The van der Waals surface area contributed by atoms with Crippen molar-refractivity contribution in [2.24, 2.45) is 0 Å². The van der Waals surface area contributed by atoms with Crippen LogP contribution in [0, 0.1) is 0 Å². The molecule has 3 heterocycles. The standard InChI is InChI=1S/C24H21Cl2N3O4/c25-14-11-15-20(30)13-24(33-22(15)16(26)12-14)7-9-29(10-8-24)21(31)6-5-19-23(32)28-18-4-2-1-3-17(18)27-19/h1-4,11-12H,5-10,13H2,(H,28,32). The minimum Gasteiger partial charge on any atom is -0.484 e. The Bertz CT molecular complexity index is 1330. The first-order valence-corrected chi connectivity index (χ1v) is 11.6. The van der Waals surface area contributed by atoms with Crippen molar-refractivity contribution in [1.29, 1.82) is 0 Å². The number of aryl methyl sites for hydroxylation is 1. The molecule has 1 spiro atoms. The van der Waals surface area contributed by atoms with Gasteiger partial charge in [0.2, 0.25) is 5.91 Å². The molecule has 1 amide bonds. The quantitative estimate of drug-likeness (QED) is 0.600. The number of amides is 1. The number of hydrogen-bond acceptors (Lipinski definition) is 5. The van der Waals surface area contributed by atoms with E-state index in [4.69, 9.17) is 27.9 Å². The average molecular weight is 486 g/mol. The lowest BCUT2D eigenvalue weighted by molar-refractivity contribution is -0.134. The number of piperidine rings is 1. The van der Waals surface area contributed by atoms with Crippen molar-refractivity contribution in [2.45, 2.75) is 37.7 Å². The summed E-state index contributed by atoms with van der Waals surface area (Å²) in [5.74, 6) is 0.271. The number of nitrogens with zero attached hydrogens (tertiary/aromatic N) is 2. The zero-order valence-corrected chi connectivity index (χ0v) is 19.2. The van der Waals surface area contributed by atoms with Crippen molar-refractivity contribution in [3.05, 3.63) is 68.1 Å². The molecule has 1 saturated heterocycles. The molecule has 2 aromatic carbocycles. The fraction of sp³-hybridized carbons (Fsp3) is 0.333. The maximum atomic E-state index is 12.8. The number of hydrogen-bond donors (Lipinski definition) is 1. The third-order valence-electron chi connectivity index (χ3n) is 6.38. The van der Waals surface area contributed by atoms with E-state index < -0.39 is 5.60 Å². The molecule has 170 valence electrons. The van der Waals surface area contributed by atoms with Gasteiger partial charge >= 0.3 is 0 Å². The molecule has 9 heteroatoms. The SMILES string of the molecule is O=C1CC2(CCN(C(=O)CCc3nc4ccccc4[nH]c3=O)CC2)Oc2c(Cl)cc(Cl)cc21. The predicted octanol–water partition coefficient (Wildman–Crippen LogP) is 4.19. The molecule has 7 nitrogen and oxygen atoms in total. The second-order valence-corrected chi connectivity index (χ2v) is 9.40. The topological polar surface area (TPSA) is 92.4 Å². The smallest absolute Gasteiger partial charge is 0.270 e. The summed E-state index contributed by atoms with van der Waals surface area (Å²) < 4.78 is 6.23. The number of ether oxygens (including phenoxy) is 1. The van der Waals surface area contributed by atoms with Crippen molar-refractivity contribution in [2.75, 3.05) is 13.1 Å². The molecule has 33 heavy (non-hydrogen) atoms. The molecular formula is C24H21Cl2N3O4. The van der Waals surface area contributed by atoms with Crippen molar-refractivity contribution < 1.29 is 14.3 Å². The Morgan fingerprint density at radius 2 is 1.91 bits per heavy atom. The lowest BCUT2D eigenvalue weighted by Crippen LogP contribution is -2.52. The number of para-hydroxylation sites is 2. The summed E-state index contributed by atoms with van der Waals surface area (Å²) in [6, 6.07) is 10.4. The molecule has 5 rings (SSSR count). The summed E-state index contributed by atoms with van der Waals surface area (Å²) in [7, 11) is 0. The first-order valence-electron chi connectivity index (χ1n) is 10.8. The Morgan fingerprint density at radius 1 is 1.15 bits per heavy atom. The van der Waals surface area contributed by atoms with Gasteiger partial charge < -0.3 is 14.6 Å². The second-order valence-electron chi connectivity index (χ2n) is 8.56. The van der Waals surface area contributed by atoms with Crippen molar-refractivity contribution in [3.63, 3.8) is 0 Å². The Hall–Kier alpha value is -2.90.